The van der Waals surface area contributed by atoms with E-state index in [4.69, 9.17) is 4.74 Å². The molecule has 1 aliphatic rings. The molecule has 116 valence electrons. The molecule has 0 spiro atoms. The first-order chi connectivity index (χ1) is 9.87. The zero-order chi connectivity index (χ0) is 15.5. The van der Waals surface area contributed by atoms with Gasteiger partial charge in [-0.2, -0.15) is 0 Å². The van der Waals surface area contributed by atoms with Gasteiger partial charge in [-0.1, -0.05) is 32.9 Å². The fourth-order valence-corrected chi connectivity index (χ4v) is 2.87. The van der Waals surface area contributed by atoms with Crippen LogP contribution in [0.3, 0.4) is 0 Å². The topological polar surface area (TPSA) is 15.7 Å². The lowest BCUT2D eigenvalue weighted by Gasteiger charge is -2.32. The van der Waals surface area contributed by atoms with E-state index in [9.17, 15) is 0 Å². The first-order valence-corrected chi connectivity index (χ1v) is 7.94. The summed E-state index contributed by atoms with van der Waals surface area (Å²) in [4.78, 5) is 4.92. The molecular weight excluding hydrogens is 259 g/mol. The second-order valence-electron chi connectivity index (χ2n) is 7.46. The first-order valence-electron chi connectivity index (χ1n) is 7.94. The second kappa shape index (κ2) is 6.84. The maximum absolute atomic E-state index is 5.61. The Balaban J connectivity index is 2.04. The van der Waals surface area contributed by atoms with Crippen molar-refractivity contribution in [1.82, 2.24) is 9.71 Å². The quantitative estimate of drug-likeness (QED) is 0.788. The van der Waals surface area contributed by atoms with Crippen molar-refractivity contribution in [3.05, 3.63) is 29.3 Å². The number of piperazine rings is 1. The fourth-order valence-electron chi connectivity index (χ4n) is 2.87. The van der Waals surface area contributed by atoms with Gasteiger partial charge in [-0.3, -0.25) is 4.90 Å². The van der Waals surface area contributed by atoms with Crippen LogP contribution in [0.5, 0.6) is 5.75 Å². The normalized spacial score (nSPS) is 17.9. The van der Waals surface area contributed by atoms with E-state index in [1.165, 1.54) is 24.2 Å². The van der Waals surface area contributed by atoms with Gasteiger partial charge >= 0.3 is 0 Å². The molecule has 0 aliphatic carbocycles. The van der Waals surface area contributed by atoms with Crippen molar-refractivity contribution < 1.29 is 4.74 Å². The smallest absolute Gasteiger partial charge is 0.185 e. The highest BCUT2D eigenvalue weighted by Crippen LogP contribution is 2.28. The minimum absolute atomic E-state index is 0.284. The summed E-state index contributed by atoms with van der Waals surface area (Å²) in [5.41, 5.74) is 2.95. The molecule has 4 heteroatoms. The van der Waals surface area contributed by atoms with Gasteiger partial charge in [-0.05, 0) is 42.1 Å². The number of hydrogen-bond donors (Lipinski definition) is 0. The summed E-state index contributed by atoms with van der Waals surface area (Å²) in [6, 6.07) is 6.73. The van der Waals surface area contributed by atoms with Crippen LogP contribution in [-0.2, 0) is 13.0 Å². The molecule has 0 amide bonds. The van der Waals surface area contributed by atoms with E-state index in [0.717, 1.165) is 31.8 Å². The van der Waals surface area contributed by atoms with Gasteiger partial charge in [0.1, 0.15) is 5.75 Å². The van der Waals surface area contributed by atoms with E-state index in [2.05, 4.69) is 56.7 Å². The number of nitrogens with zero attached hydrogens (tertiary/aromatic N) is 2. The van der Waals surface area contributed by atoms with Crippen molar-refractivity contribution in [2.24, 2.45) is 5.41 Å². The van der Waals surface area contributed by atoms with Gasteiger partial charge in [0.15, 0.2) is 7.98 Å². The lowest BCUT2D eigenvalue weighted by molar-refractivity contribution is 0.184. The van der Waals surface area contributed by atoms with Gasteiger partial charge in [0, 0.05) is 19.6 Å². The fraction of sp³-hybridized carbons (Fsp3) is 0.647. The molecule has 1 aromatic rings. The Hall–Kier alpha value is -0.995. The molecule has 0 unspecified atom stereocenters. The largest absolute Gasteiger partial charge is 0.496 e. The third-order valence-electron chi connectivity index (χ3n) is 4.07. The molecule has 1 saturated heterocycles. The molecule has 0 saturated carbocycles. The lowest BCUT2D eigenvalue weighted by Crippen LogP contribution is -2.44. The predicted molar refractivity (Wildman–Crippen MR) is 91.5 cm³/mol. The van der Waals surface area contributed by atoms with Crippen LogP contribution in [0.2, 0.25) is 0 Å². The standard InChI is InChI=1S/C17H29BN2O/c1-17(2,3)12-15-6-5-14(11-16(15)21-4)13-19-7-9-20(18)10-8-19/h5-6,11H,7-10,12-13,18H2,1-4H3. The highest BCUT2D eigenvalue weighted by Gasteiger charge is 2.17. The molecule has 21 heavy (non-hydrogen) atoms. The van der Waals surface area contributed by atoms with Gasteiger partial charge in [-0.15, -0.1) is 0 Å². The minimum atomic E-state index is 0.284. The Labute approximate surface area is 130 Å². The van der Waals surface area contributed by atoms with Crippen molar-refractivity contribution in [2.45, 2.75) is 33.7 Å². The van der Waals surface area contributed by atoms with Crippen LogP contribution in [0.15, 0.2) is 18.2 Å². The van der Waals surface area contributed by atoms with Gasteiger partial charge in [-0.25, -0.2) is 0 Å². The molecule has 3 nitrogen and oxygen atoms in total. The van der Waals surface area contributed by atoms with Crippen LogP contribution < -0.4 is 4.74 Å². The van der Waals surface area contributed by atoms with E-state index in [-0.39, 0.29) is 5.41 Å². The summed E-state index contributed by atoms with van der Waals surface area (Å²) in [7, 11) is 3.97. The molecule has 0 atom stereocenters. The summed E-state index contributed by atoms with van der Waals surface area (Å²) in [5, 5.41) is 0. The van der Waals surface area contributed by atoms with Crippen molar-refractivity contribution in [3.8, 4) is 5.75 Å². The van der Waals surface area contributed by atoms with Crippen LogP contribution >= 0.6 is 0 Å². The Bertz CT molecular complexity index is 462. The highest BCUT2D eigenvalue weighted by atomic mass is 16.5. The Morgan fingerprint density at radius 1 is 1.14 bits per heavy atom. The Kier molecular flexibility index (Phi) is 5.34. The average Bonchev–Trinajstić information content (AvgIpc) is 2.41. The molecule has 1 fully saturated rings. The van der Waals surface area contributed by atoms with E-state index in [1.807, 2.05) is 0 Å². The Morgan fingerprint density at radius 2 is 1.81 bits per heavy atom. The van der Waals surface area contributed by atoms with Crippen LogP contribution in [0.4, 0.5) is 0 Å². The SMILES string of the molecule is BN1CCN(Cc2ccc(CC(C)(C)C)c(OC)c2)CC1. The minimum Gasteiger partial charge on any atom is -0.496 e. The van der Waals surface area contributed by atoms with Crippen molar-refractivity contribution in [3.63, 3.8) is 0 Å². The maximum Gasteiger partial charge on any atom is 0.185 e. The average molecular weight is 288 g/mol. The molecule has 0 aromatic heterocycles. The number of methoxy groups -OCH3 is 1. The predicted octanol–water partition coefficient (Wildman–Crippen LogP) is 1.95. The first kappa shape index (κ1) is 16.4. The van der Waals surface area contributed by atoms with Crippen LogP contribution in [0, 0.1) is 5.41 Å². The van der Waals surface area contributed by atoms with E-state index >= 15 is 0 Å². The number of benzene rings is 1. The lowest BCUT2D eigenvalue weighted by atomic mass is 9.87. The third-order valence-corrected chi connectivity index (χ3v) is 4.07. The van der Waals surface area contributed by atoms with Gasteiger partial charge in [0.25, 0.3) is 0 Å². The number of hydrogen-bond acceptors (Lipinski definition) is 3. The molecule has 0 radical (unpaired) electrons. The second-order valence-corrected chi connectivity index (χ2v) is 7.46. The zero-order valence-electron chi connectivity index (χ0n) is 14.3. The van der Waals surface area contributed by atoms with Crippen molar-refractivity contribution in [1.29, 1.82) is 0 Å². The molecule has 1 aromatic carbocycles. The van der Waals surface area contributed by atoms with Gasteiger partial charge in [0.2, 0.25) is 0 Å². The molecule has 1 heterocycles. The summed E-state index contributed by atoms with van der Waals surface area (Å²) in [6.07, 6.45) is 1.05. The Morgan fingerprint density at radius 3 is 2.38 bits per heavy atom. The molecule has 0 N–H and O–H groups in total. The molecule has 0 bridgehead atoms. The van der Waals surface area contributed by atoms with Gasteiger partial charge in [0.05, 0.1) is 7.11 Å². The summed E-state index contributed by atoms with van der Waals surface area (Å²) < 4.78 is 5.61. The summed E-state index contributed by atoms with van der Waals surface area (Å²) >= 11 is 0. The molecular formula is C17H29BN2O. The number of rotatable bonds is 4. The summed E-state index contributed by atoms with van der Waals surface area (Å²) in [5.74, 6) is 1.04. The van der Waals surface area contributed by atoms with Crippen molar-refractivity contribution >= 4 is 7.98 Å². The van der Waals surface area contributed by atoms with Crippen LogP contribution in [-0.4, -0.2) is 51.0 Å². The van der Waals surface area contributed by atoms with Crippen molar-refractivity contribution in [2.75, 3.05) is 33.3 Å². The van der Waals surface area contributed by atoms with Crippen LogP contribution in [0.1, 0.15) is 31.9 Å². The zero-order valence-corrected chi connectivity index (χ0v) is 14.3. The molecule has 2 rings (SSSR count). The molecule has 1 aliphatic heterocycles. The van der Waals surface area contributed by atoms with E-state index < -0.39 is 0 Å². The van der Waals surface area contributed by atoms with E-state index in [1.54, 1.807) is 7.11 Å². The highest BCUT2D eigenvalue weighted by molar-refractivity contribution is 6.04. The van der Waals surface area contributed by atoms with E-state index in [0.29, 0.717) is 0 Å². The van der Waals surface area contributed by atoms with Gasteiger partial charge < -0.3 is 9.55 Å². The number of ether oxygens (including phenoxy) is 1. The maximum atomic E-state index is 5.61. The van der Waals surface area contributed by atoms with Crippen LogP contribution in [0.25, 0.3) is 0 Å². The monoisotopic (exact) mass is 288 g/mol. The third kappa shape index (κ3) is 5.04. The summed E-state index contributed by atoms with van der Waals surface area (Å²) in [6.45, 7) is 12.5.